The third-order valence-electron chi connectivity index (χ3n) is 3.02. The van der Waals surface area contributed by atoms with Crippen LogP contribution in [-0.4, -0.2) is 48.8 Å². The molecule has 2 rings (SSSR count). The van der Waals surface area contributed by atoms with Crippen molar-refractivity contribution in [2.75, 3.05) is 32.1 Å². The number of nitrogens with one attached hydrogen (secondary N) is 1. The molecule has 1 aliphatic rings. The lowest BCUT2D eigenvalue weighted by Crippen LogP contribution is -2.51. The van der Waals surface area contributed by atoms with Gasteiger partial charge in [0.2, 0.25) is 0 Å². The van der Waals surface area contributed by atoms with Crippen LogP contribution in [0.1, 0.15) is 0 Å². The first-order chi connectivity index (χ1) is 9.61. The molecule has 3 N–H and O–H groups in total. The Morgan fingerprint density at radius 1 is 1.55 bits per heavy atom. The van der Waals surface area contributed by atoms with Crippen molar-refractivity contribution in [2.45, 2.75) is 6.10 Å². The molecule has 0 bridgehead atoms. The number of morpholine rings is 1. The van der Waals surface area contributed by atoms with E-state index in [1.54, 1.807) is 24.1 Å². The summed E-state index contributed by atoms with van der Waals surface area (Å²) in [4.78, 5) is 14.1. The number of para-hydroxylation sites is 2. The van der Waals surface area contributed by atoms with Crippen molar-refractivity contribution in [1.29, 1.82) is 0 Å². The molecule has 1 aromatic carbocycles. The molecule has 0 radical (unpaired) electrons. The molecule has 20 heavy (non-hydrogen) atoms. The van der Waals surface area contributed by atoms with Crippen molar-refractivity contribution in [3.05, 3.63) is 24.3 Å². The molecule has 1 heterocycles. The smallest absolute Gasteiger partial charge is 0.322 e. The van der Waals surface area contributed by atoms with Crippen LogP contribution < -0.4 is 15.8 Å². The van der Waals surface area contributed by atoms with Crippen LogP contribution in [0.3, 0.4) is 0 Å². The Balaban J connectivity index is 2.02. The fourth-order valence-corrected chi connectivity index (χ4v) is 2.09. The van der Waals surface area contributed by atoms with Gasteiger partial charge in [-0.25, -0.2) is 4.79 Å². The van der Waals surface area contributed by atoms with Crippen molar-refractivity contribution < 1.29 is 14.3 Å². The largest absolute Gasteiger partial charge is 0.495 e. The van der Waals surface area contributed by atoms with Gasteiger partial charge < -0.3 is 25.4 Å². The second-order valence-electron chi connectivity index (χ2n) is 4.34. The monoisotopic (exact) mass is 295 g/mol. The first kappa shape index (κ1) is 14.5. The van der Waals surface area contributed by atoms with Gasteiger partial charge in [0.25, 0.3) is 0 Å². The quantitative estimate of drug-likeness (QED) is 0.820. The van der Waals surface area contributed by atoms with Crippen LogP contribution in [0.4, 0.5) is 10.5 Å². The minimum absolute atomic E-state index is 0.223. The predicted octanol–water partition coefficient (Wildman–Crippen LogP) is 1.21. The maximum atomic E-state index is 12.2. The number of anilines is 1. The summed E-state index contributed by atoms with van der Waals surface area (Å²) in [5.41, 5.74) is 6.18. The summed E-state index contributed by atoms with van der Waals surface area (Å²) in [5.74, 6) is 0.611. The van der Waals surface area contributed by atoms with Gasteiger partial charge in [-0.3, -0.25) is 0 Å². The van der Waals surface area contributed by atoms with Gasteiger partial charge in [-0.1, -0.05) is 24.4 Å². The molecule has 1 aliphatic heterocycles. The van der Waals surface area contributed by atoms with E-state index >= 15 is 0 Å². The number of ether oxygens (including phenoxy) is 2. The molecule has 2 amide bonds. The van der Waals surface area contributed by atoms with Crippen molar-refractivity contribution in [1.82, 2.24) is 4.90 Å². The van der Waals surface area contributed by atoms with Crippen LogP contribution in [0.25, 0.3) is 0 Å². The molecule has 1 atom stereocenters. The first-order valence-corrected chi connectivity index (χ1v) is 6.62. The second-order valence-corrected chi connectivity index (χ2v) is 4.81. The molecule has 0 spiro atoms. The van der Waals surface area contributed by atoms with E-state index in [-0.39, 0.29) is 17.1 Å². The number of urea groups is 1. The number of rotatable bonds is 3. The molecule has 7 heteroatoms. The number of hydrogen-bond donors (Lipinski definition) is 2. The lowest BCUT2D eigenvalue weighted by molar-refractivity contribution is 0.0250. The standard InChI is InChI=1S/C13H17N3O3S/c1-18-10-5-3-2-4-9(10)15-13(17)16-6-7-19-11(8-16)12(14)20/h2-5,11H,6-8H2,1H3,(H2,14,20)(H,15,17). The molecule has 1 unspecified atom stereocenters. The van der Waals surface area contributed by atoms with Crippen LogP contribution in [-0.2, 0) is 4.74 Å². The average molecular weight is 295 g/mol. The Kier molecular flexibility index (Phi) is 4.75. The molecule has 1 saturated heterocycles. The van der Waals surface area contributed by atoms with E-state index in [9.17, 15) is 4.79 Å². The lowest BCUT2D eigenvalue weighted by atomic mass is 10.2. The van der Waals surface area contributed by atoms with Crippen LogP contribution in [0.2, 0.25) is 0 Å². The average Bonchev–Trinajstić information content (AvgIpc) is 2.48. The number of benzene rings is 1. The number of methoxy groups -OCH3 is 1. The van der Waals surface area contributed by atoms with Crippen LogP contribution >= 0.6 is 12.2 Å². The van der Waals surface area contributed by atoms with Gasteiger partial charge in [0.05, 0.1) is 25.9 Å². The molecule has 0 aromatic heterocycles. The Bertz CT molecular complexity index is 509. The molecule has 108 valence electrons. The number of carbonyl (C=O) groups excluding carboxylic acids is 1. The maximum Gasteiger partial charge on any atom is 0.322 e. The van der Waals surface area contributed by atoms with E-state index in [1.807, 2.05) is 12.1 Å². The van der Waals surface area contributed by atoms with Crippen molar-refractivity contribution in [3.8, 4) is 5.75 Å². The van der Waals surface area contributed by atoms with Gasteiger partial charge in [0.15, 0.2) is 0 Å². The Morgan fingerprint density at radius 3 is 3.00 bits per heavy atom. The van der Waals surface area contributed by atoms with Gasteiger partial charge in [0.1, 0.15) is 16.8 Å². The van der Waals surface area contributed by atoms with E-state index in [2.05, 4.69) is 5.32 Å². The molecule has 1 fully saturated rings. The molecule has 0 aliphatic carbocycles. The van der Waals surface area contributed by atoms with Crippen LogP contribution in [0.5, 0.6) is 5.75 Å². The summed E-state index contributed by atoms with van der Waals surface area (Å²) in [6, 6.07) is 7.01. The molecule has 0 saturated carbocycles. The number of nitrogens with zero attached hydrogens (tertiary/aromatic N) is 1. The van der Waals surface area contributed by atoms with Crippen LogP contribution in [0, 0.1) is 0 Å². The lowest BCUT2D eigenvalue weighted by Gasteiger charge is -2.32. The van der Waals surface area contributed by atoms with Crippen molar-refractivity contribution >= 4 is 28.9 Å². The highest BCUT2D eigenvalue weighted by atomic mass is 32.1. The first-order valence-electron chi connectivity index (χ1n) is 6.21. The minimum atomic E-state index is -0.387. The zero-order chi connectivity index (χ0) is 14.5. The van der Waals surface area contributed by atoms with Gasteiger partial charge in [-0.2, -0.15) is 0 Å². The highest BCUT2D eigenvalue weighted by Gasteiger charge is 2.26. The normalized spacial score (nSPS) is 18.4. The third-order valence-corrected chi connectivity index (χ3v) is 3.28. The van der Waals surface area contributed by atoms with Crippen molar-refractivity contribution in [2.24, 2.45) is 5.73 Å². The summed E-state index contributed by atoms with van der Waals surface area (Å²) >= 11 is 4.90. The van der Waals surface area contributed by atoms with Gasteiger partial charge in [0, 0.05) is 6.54 Å². The van der Waals surface area contributed by atoms with Gasteiger partial charge in [-0.05, 0) is 12.1 Å². The number of carbonyl (C=O) groups is 1. The minimum Gasteiger partial charge on any atom is -0.495 e. The topological polar surface area (TPSA) is 76.8 Å². The van der Waals surface area contributed by atoms with Gasteiger partial charge in [-0.15, -0.1) is 0 Å². The summed E-state index contributed by atoms with van der Waals surface area (Å²) in [6.45, 7) is 1.28. The Hall–Kier alpha value is -1.86. The summed E-state index contributed by atoms with van der Waals surface area (Å²) in [6.07, 6.45) is -0.387. The summed E-state index contributed by atoms with van der Waals surface area (Å²) in [5, 5.41) is 2.81. The highest BCUT2D eigenvalue weighted by Crippen LogP contribution is 2.23. The number of hydrogen-bond acceptors (Lipinski definition) is 4. The summed E-state index contributed by atoms with van der Waals surface area (Å²) < 4.78 is 10.6. The van der Waals surface area contributed by atoms with Gasteiger partial charge >= 0.3 is 6.03 Å². The zero-order valence-corrected chi connectivity index (χ0v) is 12.0. The highest BCUT2D eigenvalue weighted by molar-refractivity contribution is 7.80. The Labute approximate surface area is 122 Å². The van der Waals surface area contributed by atoms with E-state index in [0.717, 1.165) is 0 Å². The number of thiocarbonyl (C=S) groups is 1. The molecule has 1 aromatic rings. The van der Waals surface area contributed by atoms with E-state index in [1.165, 1.54) is 0 Å². The van der Waals surface area contributed by atoms with E-state index in [4.69, 9.17) is 27.4 Å². The molecular formula is C13H17N3O3S. The Morgan fingerprint density at radius 2 is 2.30 bits per heavy atom. The number of amides is 2. The second kappa shape index (κ2) is 6.53. The van der Waals surface area contributed by atoms with Crippen molar-refractivity contribution in [3.63, 3.8) is 0 Å². The fourth-order valence-electron chi connectivity index (χ4n) is 1.95. The molecular weight excluding hydrogens is 278 g/mol. The molecule has 6 nitrogen and oxygen atoms in total. The van der Waals surface area contributed by atoms with E-state index in [0.29, 0.717) is 31.1 Å². The predicted molar refractivity (Wildman–Crippen MR) is 80.1 cm³/mol. The zero-order valence-electron chi connectivity index (χ0n) is 11.2. The van der Waals surface area contributed by atoms with Crippen LogP contribution in [0.15, 0.2) is 24.3 Å². The fraction of sp³-hybridized carbons (Fsp3) is 0.385. The maximum absolute atomic E-state index is 12.2. The summed E-state index contributed by atoms with van der Waals surface area (Å²) in [7, 11) is 1.56. The van der Waals surface area contributed by atoms with E-state index < -0.39 is 0 Å². The number of nitrogens with two attached hydrogens (primary N) is 1. The SMILES string of the molecule is COc1ccccc1NC(=O)N1CCOC(C(N)=S)C1. The third kappa shape index (κ3) is 3.37.